The van der Waals surface area contributed by atoms with Crippen molar-refractivity contribution in [3.63, 3.8) is 0 Å². The Morgan fingerprint density at radius 2 is 1.94 bits per heavy atom. The Morgan fingerprint density at radius 1 is 1.22 bits per heavy atom. The standard InChI is InChI=1S/C13H22N4S/c14-13-15-12(10-18-13)3-4-16-5-7-17(8-6-16)9-11-1-2-11/h10-11H,1-9H2,(H2,14,15). The first-order valence-corrected chi connectivity index (χ1v) is 7.82. The first kappa shape index (κ1) is 12.4. The van der Waals surface area contributed by atoms with Crippen LogP contribution in [0.4, 0.5) is 5.13 Å². The first-order valence-electron chi connectivity index (χ1n) is 6.94. The summed E-state index contributed by atoms with van der Waals surface area (Å²) in [5.41, 5.74) is 6.80. The molecule has 2 aliphatic rings. The summed E-state index contributed by atoms with van der Waals surface area (Å²) >= 11 is 1.55. The third-order valence-electron chi connectivity index (χ3n) is 3.93. The second-order valence-corrected chi connectivity index (χ2v) is 6.40. The zero-order valence-electron chi connectivity index (χ0n) is 10.8. The van der Waals surface area contributed by atoms with Crippen molar-refractivity contribution in [2.75, 3.05) is 45.0 Å². The predicted octanol–water partition coefficient (Wildman–Crippen LogP) is 1.30. The molecular weight excluding hydrogens is 244 g/mol. The maximum Gasteiger partial charge on any atom is 0.180 e. The van der Waals surface area contributed by atoms with E-state index in [9.17, 15) is 0 Å². The fourth-order valence-electron chi connectivity index (χ4n) is 2.57. The average Bonchev–Trinajstić information content (AvgIpc) is 3.09. The zero-order chi connectivity index (χ0) is 12.4. The summed E-state index contributed by atoms with van der Waals surface area (Å²) in [6.07, 6.45) is 3.97. The molecule has 3 rings (SSSR count). The van der Waals surface area contributed by atoms with Crippen LogP contribution in [-0.4, -0.2) is 54.1 Å². The average molecular weight is 266 g/mol. The van der Waals surface area contributed by atoms with Gasteiger partial charge in [0.1, 0.15) is 0 Å². The summed E-state index contributed by atoms with van der Waals surface area (Å²) < 4.78 is 0. The number of nitrogen functional groups attached to an aromatic ring is 1. The van der Waals surface area contributed by atoms with Crippen LogP contribution in [0.15, 0.2) is 5.38 Å². The van der Waals surface area contributed by atoms with E-state index in [2.05, 4.69) is 20.2 Å². The smallest absolute Gasteiger partial charge is 0.180 e. The highest BCUT2D eigenvalue weighted by Crippen LogP contribution is 2.29. The molecule has 0 bridgehead atoms. The lowest BCUT2D eigenvalue weighted by Gasteiger charge is -2.34. The van der Waals surface area contributed by atoms with Crippen LogP contribution in [0.5, 0.6) is 0 Å². The van der Waals surface area contributed by atoms with E-state index >= 15 is 0 Å². The summed E-state index contributed by atoms with van der Waals surface area (Å²) in [4.78, 5) is 9.51. The molecule has 1 saturated heterocycles. The third kappa shape index (κ3) is 3.43. The molecule has 1 aromatic rings. The summed E-state index contributed by atoms with van der Waals surface area (Å²) in [6, 6.07) is 0. The molecule has 1 saturated carbocycles. The topological polar surface area (TPSA) is 45.4 Å². The molecule has 5 heteroatoms. The van der Waals surface area contributed by atoms with Gasteiger partial charge in [0.05, 0.1) is 5.69 Å². The van der Waals surface area contributed by atoms with E-state index < -0.39 is 0 Å². The number of hydrogen-bond acceptors (Lipinski definition) is 5. The van der Waals surface area contributed by atoms with Gasteiger partial charge in [-0.05, 0) is 18.8 Å². The molecule has 2 heterocycles. The van der Waals surface area contributed by atoms with Gasteiger partial charge in [0, 0.05) is 51.1 Å². The molecular formula is C13H22N4S. The molecule has 1 aromatic heterocycles. The fraction of sp³-hybridized carbons (Fsp3) is 0.769. The van der Waals surface area contributed by atoms with Crippen molar-refractivity contribution in [2.45, 2.75) is 19.3 Å². The zero-order valence-corrected chi connectivity index (χ0v) is 11.7. The molecule has 2 fully saturated rings. The van der Waals surface area contributed by atoms with Gasteiger partial charge in [0.15, 0.2) is 5.13 Å². The Hall–Kier alpha value is -0.650. The molecule has 0 unspecified atom stereocenters. The van der Waals surface area contributed by atoms with Crippen LogP contribution < -0.4 is 5.73 Å². The number of nitrogens with zero attached hydrogens (tertiary/aromatic N) is 3. The van der Waals surface area contributed by atoms with E-state index in [0.717, 1.165) is 24.6 Å². The summed E-state index contributed by atoms with van der Waals surface area (Å²) in [5, 5.41) is 2.78. The molecule has 0 spiro atoms. The first-order chi connectivity index (χ1) is 8.79. The van der Waals surface area contributed by atoms with Crippen molar-refractivity contribution in [3.05, 3.63) is 11.1 Å². The largest absolute Gasteiger partial charge is 0.375 e. The third-order valence-corrected chi connectivity index (χ3v) is 4.65. The molecule has 1 aliphatic heterocycles. The summed E-state index contributed by atoms with van der Waals surface area (Å²) in [7, 11) is 0. The van der Waals surface area contributed by atoms with Gasteiger partial charge in [-0.2, -0.15) is 0 Å². The van der Waals surface area contributed by atoms with Gasteiger partial charge in [-0.15, -0.1) is 11.3 Å². The predicted molar refractivity (Wildman–Crippen MR) is 75.8 cm³/mol. The highest BCUT2D eigenvalue weighted by molar-refractivity contribution is 7.13. The molecule has 1 aliphatic carbocycles. The van der Waals surface area contributed by atoms with Gasteiger partial charge in [-0.25, -0.2) is 4.98 Å². The van der Waals surface area contributed by atoms with Crippen LogP contribution >= 0.6 is 11.3 Å². The fourth-order valence-corrected chi connectivity index (χ4v) is 3.17. The van der Waals surface area contributed by atoms with E-state index in [0.29, 0.717) is 5.13 Å². The normalized spacial score (nSPS) is 22.4. The summed E-state index contributed by atoms with van der Waals surface area (Å²) in [5.74, 6) is 1.02. The van der Waals surface area contributed by atoms with E-state index in [-0.39, 0.29) is 0 Å². The van der Waals surface area contributed by atoms with Crippen LogP contribution in [0.25, 0.3) is 0 Å². The lowest BCUT2D eigenvalue weighted by atomic mass is 10.2. The summed E-state index contributed by atoms with van der Waals surface area (Å²) in [6.45, 7) is 7.39. The maximum absolute atomic E-state index is 5.64. The Morgan fingerprint density at radius 3 is 2.56 bits per heavy atom. The molecule has 0 aromatic carbocycles. The van der Waals surface area contributed by atoms with E-state index in [1.54, 1.807) is 11.3 Å². The molecule has 100 valence electrons. The second kappa shape index (κ2) is 5.55. The van der Waals surface area contributed by atoms with Crippen LogP contribution in [0.3, 0.4) is 0 Å². The van der Waals surface area contributed by atoms with Crippen LogP contribution in [0.1, 0.15) is 18.5 Å². The van der Waals surface area contributed by atoms with Crippen LogP contribution in [0.2, 0.25) is 0 Å². The minimum Gasteiger partial charge on any atom is -0.375 e. The molecule has 0 atom stereocenters. The molecule has 2 N–H and O–H groups in total. The molecule has 0 radical (unpaired) electrons. The lowest BCUT2D eigenvalue weighted by Crippen LogP contribution is -2.47. The number of anilines is 1. The number of nitrogens with two attached hydrogens (primary N) is 1. The lowest BCUT2D eigenvalue weighted by molar-refractivity contribution is 0.129. The van der Waals surface area contributed by atoms with Crippen molar-refractivity contribution < 1.29 is 0 Å². The minimum atomic E-state index is 0.694. The van der Waals surface area contributed by atoms with Crippen molar-refractivity contribution in [3.8, 4) is 0 Å². The minimum absolute atomic E-state index is 0.694. The van der Waals surface area contributed by atoms with Gasteiger partial charge in [0.2, 0.25) is 0 Å². The number of aromatic nitrogens is 1. The molecule has 18 heavy (non-hydrogen) atoms. The number of thiazole rings is 1. The van der Waals surface area contributed by atoms with E-state index in [1.165, 1.54) is 45.6 Å². The van der Waals surface area contributed by atoms with E-state index in [1.807, 2.05) is 0 Å². The van der Waals surface area contributed by atoms with Crippen LogP contribution in [0, 0.1) is 5.92 Å². The Balaban J connectivity index is 1.37. The van der Waals surface area contributed by atoms with E-state index in [4.69, 9.17) is 5.73 Å². The van der Waals surface area contributed by atoms with Crippen LogP contribution in [-0.2, 0) is 6.42 Å². The Kier molecular flexibility index (Phi) is 3.82. The van der Waals surface area contributed by atoms with Gasteiger partial charge < -0.3 is 15.5 Å². The van der Waals surface area contributed by atoms with Crippen molar-refractivity contribution in [1.29, 1.82) is 0 Å². The Bertz CT molecular complexity index is 380. The van der Waals surface area contributed by atoms with Crippen molar-refractivity contribution in [1.82, 2.24) is 14.8 Å². The quantitative estimate of drug-likeness (QED) is 0.872. The second-order valence-electron chi connectivity index (χ2n) is 5.51. The number of rotatable bonds is 5. The van der Waals surface area contributed by atoms with Gasteiger partial charge in [-0.1, -0.05) is 0 Å². The number of piperazine rings is 1. The molecule has 4 nitrogen and oxygen atoms in total. The van der Waals surface area contributed by atoms with Gasteiger partial charge in [-0.3, -0.25) is 0 Å². The highest BCUT2D eigenvalue weighted by Gasteiger charge is 2.26. The monoisotopic (exact) mass is 266 g/mol. The molecule has 0 amide bonds. The number of hydrogen-bond donors (Lipinski definition) is 1. The van der Waals surface area contributed by atoms with Crippen molar-refractivity contribution in [2.24, 2.45) is 5.92 Å². The Labute approximate surface area is 113 Å². The maximum atomic E-state index is 5.64. The highest BCUT2D eigenvalue weighted by atomic mass is 32.1. The van der Waals surface area contributed by atoms with Gasteiger partial charge in [0.25, 0.3) is 0 Å². The SMILES string of the molecule is Nc1nc(CCN2CCN(CC3CC3)CC2)cs1. The van der Waals surface area contributed by atoms with Crippen molar-refractivity contribution >= 4 is 16.5 Å². The van der Waals surface area contributed by atoms with Gasteiger partial charge >= 0.3 is 0 Å².